The molecule has 148 valence electrons. The van der Waals surface area contributed by atoms with Gasteiger partial charge in [0.05, 0.1) is 12.8 Å². The van der Waals surface area contributed by atoms with Crippen molar-refractivity contribution in [3.8, 4) is 11.4 Å². The van der Waals surface area contributed by atoms with Gasteiger partial charge in [-0.3, -0.25) is 9.59 Å². The van der Waals surface area contributed by atoms with Crippen LogP contribution in [-0.2, 0) is 9.59 Å². The van der Waals surface area contributed by atoms with E-state index in [-0.39, 0.29) is 0 Å². The van der Waals surface area contributed by atoms with Crippen LogP contribution in [0.5, 0.6) is 5.75 Å². The zero-order valence-corrected chi connectivity index (χ0v) is 16.6. The monoisotopic (exact) mass is 382 g/mol. The minimum Gasteiger partial charge on any atom is -0.494 e. The van der Waals surface area contributed by atoms with Gasteiger partial charge in [-0.15, -0.1) is 0 Å². The predicted molar refractivity (Wildman–Crippen MR) is 108 cm³/mol. The summed E-state index contributed by atoms with van der Waals surface area (Å²) >= 11 is 0. The fraction of sp³-hybridized carbons (Fsp3) is 0.381. The van der Waals surface area contributed by atoms with E-state index in [9.17, 15) is 9.59 Å². The number of amides is 2. The molecule has 28 heavy (non-hydrogen) atoms. The third-order valence-electron chi connectivity index (χ3n) is 4.83. The summed E-state index contributed by atoms with van der Waals surface area (Å²) in [6.07, 6.45) is 3.46. The number of hydrogen-bond donors (Lipinski definition) is 1. The molecule has 1 aromatic carbocycles. The second kappa shape index (κ2) is 8.73. The third kappa shape index (κ3) is 4.24. The number of hydrazone groups is 1. The highest BCUT2D eigenvalue weighted by molar-refractivity contribution is 6.35. The summed E-state index contributed by atoms with van der Waals surface area (Å²) in [6, 6.07) is 9.87. The first-order chi connectivity index (χ1) is 13.5. The molecule has 3 rings (SSSR count). The van der Waals surface area contributed by atoms with Crippen LogP contribution in [0.3, 0.4) is 0 Å². The Morgan fingerprint density at radius 1 is 1.18 bits per heavy atom. The lowest BCUT2D eigenvalue weighted by Gasteiger charge is -2.12. The lowest BCUT2D eigenvalue weighted by molar-refractivity contribution is -0.145. The van der Waals surface area contributed by atoms with Crippen LogP contribution in [0.1, 0.15) is 36.7 Å². The van der Waals surface area contributed by atoms with E-state index in [1.165, 1.54) is 0 Å². The molecule has 0 atom stereocenters. The van der Waals surface area contributed by atoms with E-state index in [0.717, 1.165) is 41.2 Å². The molecule has 7 nitrogen and oxygen atoms in total. The molecule has 2 aromatic rings. The molecule has 1 aliphatic rings. The van der Waals surface area contributed by atoms with Crippen molar-refractivity contribution in [3.63, 3.8) is 0 Å². The number of ether oxygens (including phenoxy) is 1. The Bertz CT molecular complexity index is 878. The smallest absolute Gasteiger partial charge is 0.329 e. The maximum Gasteiger partial charge on any atom is 0.329 e. The maximum absolute atomic E-state index is 12.0. The largest absolute Gasteiger partial charge is 0.494 e. The molecule has 0 bridgehead atoms. The highest BCUT2D eigenvalue weighted by Crippen LogP contribution is 2.22. The van der Waals surface area contributed by atoms with E-state index in [2.05, 4.69) is 15.1 Å². The summed E-state index contributed by atoms with van der Waals surface area (Å²) in [7, 11) is 0. The minimum atomic E-state index is -0.696. The Kier molecular flexibility index (Phi) is 6.13. The summed E-state index contributed by atoms with van der Waals surface area (Å²) in [5.74, 6) is -0.381. The number of aryl methyl sites for hydroxylation is 1. The fourth-order valence-electron chi connectivity index (χ4n) is 3.45. The second-order valence-electron chi connectivity index (χ2n) is 6.79. The highest BCUT2D eigenvalue weighted by Gasteiger charge is 2.24. The summed E-state index contributed by atoms with van der Waals surface area (Å²) in [6.45, 7) is 7.86. The van der Waals surface area contributed by atoms with Crippen molar-refractivity contribution in [1.29, 1.82) is 0 Å². The number of likely N-dealkylation sites (tertiary alicyclic amines) is 1. The molecule has 1 fully saturated rings. The van der Waals surface area contributed by atoms with E-state index >= 15 is 0 Å². The molecule has 0 aliphatic carbocycles. The number of benzene rings is 1. The Morgan fingerprint density at radius 2 is 1.86 bits per heavy atom. The summed E-state index contributed by atoms with van der Waals surface area (Å²) in [5, 5.41) is 3.98. The number of carbonyl (C=O) groups excluding carboxylic acids is 2. The molecule has 0 unspecified atom stereocenters. The lowest BCUT2D eigenvalue weighted by atomic mass is 10.2. The quantitative estimate of drug-likeness (QED) is 0.491. The second-order valence-corrected chi connectivity index (χ2v) is 6.79. The van der Waals surface area contributed by atoms with Gasteiger partial charge in [-0.2, -0.15) is 5.10 Å². The molecule has 1 N–H and O–H groups in total. The summed E-state index contributed by atoms with van der Waals surface area (Å²) < 4.78 is 7.60. The van der Waals surface area contributed by atoms with Crippen LogP contribution >= 0.6 is 0 Å². The van der Waals surface area contributed by atoms with Crippen molar-refractivity contribution >= 4 is 18.0 Å². The number of aromatic nitrogens is 1. The number of hydrogen-bond acceptors (Lipinski definition) is 4. The van der Waals surface area contributed by atoms with Gasteiger partial charge in [0.1, 0.15) is 5.75 Å². The standard InChI is InChI=1S/C21H26N4O3/c1-4-28-19-9-7-18(8-10-19)25-15(2)13-17(16(25)3)14-22-23-20(26)21(27)24-11-5-6-12-24/h7-10,13-14H,4-6,11-12H2,1-3H3,(H,23,26). The average Bonchev–Trinajstić information content (AvgIpc) is 3.31. The zero-order valence-electron chi connectivity index (χ0n) is 16.6. The molecule has 1 aromatic heterocycles. The molecule has 0 radical (unpaired) electrons. The molecule has 0 saturated carbocycles. The first-order valence-electron chi connectivity index (χ1n) is 9.55. The Balaban J connectivity index is 1.70. The minimum absolute atomic E-state index is 0.519. The van der Waals surface area contributed by atoms with Gasteiger partial charge in [-0.05, 0) is 63.9 Å². The maximum atomic E-state index is 12.0. The Labute approximate surface area is 165 Å². The third-order valence-corrected chi connectivity index (χ3v) is 4.83. The van der Waals surface area contributed by atoms with E-state index < -0.39 is 11.8 Å². The van der Waals surface area contributed by atoms with Gasteiger partial charge < -0.3 is 14.2 Å². The average molecular weight is 382 g/mol. The van der Waals surface area contributed by atoms with Gasteiger partial charge in [0.25, 0.3) is 0 Å². The zero-order chi connectivity index (χ0) is 20.1. The van der Waals surface area contributed by atoms with Crippen LogP contribution in [-0.4, -0.2) is 47.2 Å². The number of nitrogens with zero attached hydrogens (tertiary/aromatic N) is 3. The topological polar surface area (TPSA) is 75.9 Å². The summed E-state index contributed by atoms with van der Waals surface area (Å²) in [4.78, 5) is 25.5. The Hall–Kier alpha value is -3.09. The van der Waals surface area contributed by atoms with Gasteiger partial charge in [-0.25, -0.2) is 5.43 Å². The van der Waals surface area contributed by atoms with E-state index in [1.54, 1.807) is 11.1 Å². The van der Waals surface area contributed by atoms with E-state index in [1.807, 2.05) is 51.1 Å². The number of carbonyl (C=O) groups is 2. The van der Waals surface area contributed by atoms with Gasteiger partial charge in [0, 0.05) is 35.7 Å². The SMILES string of the molecule is CCOc1ccc(-n2c(C)cc(C=NNC(=O)C(=O)N3CCCC3)c2C)cc1. The molecule has 1 saturated heterocycles. The molecule has 2 amide bonds. The van der Waals surface area contributed by atoms with Gasteiger partial charge in [0.15, 0.2) is 0 Å². The van der Waals surface area contributed by atoms with Crippen LogP contribution in [0.2, 0.25) is 0 Å². The van der Waals surface area contributed by atoms with Crippen LogP contribution in [0.15, 0.2) is 35.4 Å². The van der Waals surface area contributed by atoms with Crippen molar-refractivity contribution in [2.45, 2.75) is 33.6 Å². The predicted octanol–water partition coefficient (Wildman–Crippen LogP) is 2.57. The van der Waals surface area contributed by atoms with Crippen LogP contribution in [0.25, 0.3) is 5.69 Å². The van der Waals surface area contributed by atoms with Gasteiger partial charge >= 0.3 is 11.8 Å². The van der Waals surface area contributed by atoms with Crippen molar-refractivity contribution < 1.29 is 14.3 Å². The van der Waals surface area contributed by atoms with E-state index in [0.29, 0.717) is 19.7 Å². The lowest BCUT2D eigenvalue weighted by Crippen LogP contribution is -2.39. The van der Waals surface area contributed by atoms with Crippen molar-refractivity contribution in [2.24, 2.45) is 5.10 Å². The van der Waals surface area contributed by atoms with Crippen molar-refractivity contribution in [1.82, 2.24) is 14.9 Å². The first-order valence-corrected chi connectivity index (χ1v) is 9.55. The van der Waals surface area contributed by atoms with E-state index in [4.69, 9.17) is 4.74 Å². The fourth-order valence-corrected chi connectivity index (χ4v) is 3.45. The van der Waals surface area contributed by atoms with Gasteiger partial charge in [0.2, 0.25) is 0 Å². The van der Waals surface area contributed by atoms with Crippen LogP contribution in [0.4, 0.5) is 0 Å². The highest BCUT2D eigenvalue weighted by atomic mass is 16.5. The molecule has 2 heterocycles. The normalized spacial score (nSPS) is 13.9. The molecule has 1 aliphatic heterocycles. The van der Waals surface area contributed by atoms with Crippen molar-refractivity contribution in [2.75, 3.05) is 19.7 Å². The first kappa shape index (κ1) is 19.7. The number of rotatable bonds is 5. The van der Waals surface area contributed by atoms with Crippen molar-refractivity contribution in [3.05, 3.63) is 47.3 Å². The molecular weight excluding hydrogens is 356 g/mol. The molecule has 7 heteroatoms. The van der Waals surface area contributed by atoms with Gasteiger partial charge in [-0.1, -0.05) is 0 Å². The summed E-state index contributed by atoms with van der Waals surface area (Å²) in [5.41, 5.74) is 6.27. The van der Waals surface area contributed by atoms with Crippen LogP contribution < -0.4 is 10.2 Å². The molecular formula is C21H26N4O3. The Morgan fingerprint density at radius 3 is 2.50 bits per heavy atom. The van der Waals surface area contributed by atoms with Crippen LogP contribution in [0, 0.1) is 13.8 Å². The number of nitrogens with one attached hydrogen (secondary N) is 1. The molecule has 0 spiro atoms.